The maximum atomic E-state index is 12.7. The fraction of sp³-hybridized carbons (Fsp3) is 0.562. The van der Waals surface area contributed by atoms with Crippen LogP contribution < -0.4 is 10.2 Å². The molecule has 4 heteroatoms. The lowest BCUT2D eigenvalue weighted by atomic mass is 10.0. The molecule has 1 aliphatic rings. The Balaban J connectivity index is 2.25. The molecule has 1 aliphatic heterocycles. The number of hydrogen-bond acceptors (Lipinski definition) is 2. The molecule has 110 valence electrons. The Kier molecular flexibility index (Phi) is 5.22. The lowest BCUT2D eigenvalue weighted by Gasteiger charge is -2.34. The summed E-state index contributed by atoms with van der Waals surface area (Å²) >= 11 is 3.51. The SMILES string of the molecule is CCc1cc(Br)ccc1N1CCCC(NC(C)C)C1=O. The average Bonchev–Trinajstić information content (AvgIpc) is 2.41. The normalized spacial score (nSPS) is 19.8. The molecule has 0 aliphatic carbocycles. The summed E-state index contributed by atoms with van der Waals surface area (Å²) in [4.78, 5) is 14.6. The Labute approximate surface area is 129 Å². The zero-order valence-electron chi connectivity index (χ0n) is 12.4. The highest BCUT2D eigenvalue weighted by Gasteiger charge is 2.30. The molecule has 1 aromatic rings. The van der Waals surface area contributed by atoms with Gasteiger partial charge in [0.2, 0.25) is 5.91 Å². The van der Waals surface area contributed by atoms with Crippen molar-refractivity contribution >= 4 is 27.5 Å². The van der Waals surface area contributed by atoms with Crippen LogP contribution >= 0.6 is 15.9 Å². The predicted molar refractivity (Wildman–Crippen MR) is 87.2 cm³/mol. The molecule has 1 saturated heterocycles. The Morgan fingerprint density at radius 3 is 2.85 bits per heavy atom. The van der Waals surface area contributed by atoms with Gasteiger partial charge in [-0.05, 0) is 43.0 Å². The van der Waals surface area contributed by atoms with Crippen molar-refractivity contribution in [1.29, 1.82) is 0 Å². The molecule has 1 unspecified atom stereocenters. The van der Waals surface area contributed by atoms with Crippen LogP contribution in [0.25, 0.3) is 0 Å². The topological polar surface area (TPSA) is 32.3 Å². The van der Waals surface area contributed by atoms with E-state index in [0.717, 1.165) is 36.0 Å². The maximum Gasteiger partial charge on any atom is 0.244 e. The van der Waals surface area contributed by atoms with E-state index in [4.69, 9.17) is 0 Å². The fourth-order valence-electron chi connectivity index (χ4n) is 2.77. The number of nitrogens with one attached hydrogen (secondary N) is 1. The van der Waals surface area contributed by atoms with Gasteiger partial charge in [-0.15, -0.1) is 0 Å². The van der Waals surface area contributed by atoms with E-state index in [1.165, 1.54) is 5.56 Å². The number of amides is 1. The molecule has 1 N–H and O–H groups in total. The zero-order chi connectivity index (χ0) is 14.7. The van der Waals surface area contributed by atoms with E-state index in [0.29, 0.717) is 6.04 Å². The smallest absolute Gasteiger partial charge is 0.244 e. The minimum Gasteiger partial charge on any atom is -0.311 e. The quantitative estimate of drug-likeness (QED) is 0.911. The van der Waals surface area contributed by atoms with E-state index >= 15 is 0 Å². The van der Waals surface area contributed by atoms with Gasteiger partial charge < -0.3 is 10.2 Å². The van der Waals surface area contributed by atoms with Gasteiger partial charge in [-0.2, -0.15) is 0 Å². The van der Waals surface area contributed by atoms with E-state index in [1.54, 1.807) is 0 Å². The van der Waals surface area contributed by atoms with Gasteiger partial charge in [-0.25, -0.2) is 0 Å². The van der Waals surface area contributed by atoms with Gasteiger partial charge in [-0.3, -0.25) is 4.79 Å². The summed E-state index contributed by atoms with van der Waals surface area (Å²) in [5.74, 6) is 0.210. The van der Waals surface area contributed by atoms with Crippen LogP contribution in [0.5, 0.6) is 0 Å². The predicted octanol–water partition coefficient (Wildman–Crippen LogP) is 3.50. The molecule has 1 atom stereocenters. The first-order valence-electron chi connectivity index (χ1n) is 7.38. The molecule has 1 fully saturated rings. The third-order valence-corrected chi connectivity index (χ3v) is 4.18. The van der Waals surface area contributed by atoms with Crippen LogP contribution in [0.2, 0.25) is 0 Å². The van der Waals surface area contributed by atoms with Crippen molar-refractivity contribution in [3.05, 3.63) is 28.2 Å². The molecule has 20 heavy (non-hydrogen) atoms. The molecule has 0 bridgehead atoms. The molecule has 3 nitrogen and oxygen atoms in total. The number of hydrogen-bond donors (Lipinski definition) is 1. The molecule has 0 aromatic heterocycles. The number of rotatable bonds is 4. The highest BCUT2D eigenvalue weighted by molar-refractivity contribution is 9.10. The van der Waals surface area contributed by atoms with Crippen LogP contribution in [0, 0.1) is 0 Å². The van der Waals surface area contributed by atoms with E-state index in [9.17, 15) is 4.79 Å². The van der Waals surface area contributed by atoms with Crippen molar-refractivity contribution in [3.63, 3.8) is 0 Å². The third kappa shape index (κ3) is 3.41. The number of carbonyl (C=O) groups is 1. The Hall–Kier alpha value is -0.870. The van der Waals surface area contributed by atoms with Crippen LogP contribution in [-0.2, 0) is 11.2 Å². The molecular weight excluding hydrogens is 316 g/mol. The summed E-state index contributed by atoms with van der Waals surface area (Å²) < 4.78 is 1.07. The minimum absolute atomic E-state index is 0.0443. The highest BCUT2D eigenvalue weighted by atomic mass is 79.9. The first-order valence-corrected chi connectivity index (χ1v) is 8.18. The molecule has 2 rings (SSSR count). The summed E-state index contributed by atoms with van der Waals surface area (Å²) in [5, 5.41) is 3.38. The summed E-state index contributed by atoms with van der Waals surface area (Å²) in [7, 11) is 0. The lowest BCUT2D eigenvalue weighted by Crippen LogP contribution is -2.52. The molecule has 0 saturated carbocycles. The van der Waals surface area contributed by atoms with E-state index in [2.05, 4.69) is 54.2 Å². The minimum atomic E-state index is -0.0443. The number of anilines is 1. The van der Waals surface area contributed by atoms with Crippen molar-refractivity contribution < 1.29 is 4.79 Å². The zero-order valence-corrected chi connectivity index (χ0v) is 14.0. The highest BCUT2D eigenvalue weighted by Crippen LogP contribution is 2.28. The van der Waals surface area contributed by atoms with Gasteiger partial charge in [0.25, 0.3) is 0 Å². The Morgan fingerprint density at radius 1 is 1.45 bits per heavy atom. The second-order valence-electron chi connectivity index (χ2n) is 5.63. The summed E-state index contributed by atoms with van der Waals surface area (Å²) in [5.41, 5.74) is 2.29. The van der Waals surface area contributed by atoms with Gasteiger partial charge in [0.05, 0.1) is 6.04 Å². The largest absolute Gasteiger partial charge is 0.311 e. The molecule has 0 spiro atoms. The van der Waals surface area contributed by atoms with Crippen molar-refractivity contribution in [2.24, 2.45) is 0 Å². The van der Waals surface area contributed by atoms with Crippen LogP contribution in [0.1, 0.15) is 39.2 Å². The summed E-state index contributed by atoms with van der Waals surface area (Å²) in [6.45, 7) is 7.12. The molecular formula is C16H23BrN2O. The van der Waals surface area contributed by atoms with Gasteiger partial charge >= 0.3 is 0 Å². The maximum absolute atomic E-state index is 12.7. The first kappa shape index (κ1) is 15.5. The lowest BCUT2D eigenvalue weighted by molar-refractivity contribution is -0.121. The van der Waals surface area contributed by atoms with Crippen LogP contribution in [-0.4, -0.2) is 24.5 Å². The summed E-state index contributed by atoms with van der Waals surface area (Å²) in [6, 6.07) is 6.47. The van der Waals surface area contributed by atoms with Crippen molar-refractivity contribution in [2.75, 3.05) is 11.4 Å². The molecule has 1 amide bonds. The standard InChI is InChI=1S/C16H23BrN2O/c1-4-12-10-13(17)7-8-15(12)19-9-5-6-14(16(19)20)18-11(2)3/h7-8,10-11,14,18H,4-6,9H2,1-3H3. The summed E-state index contributed by atoms with van der Waals surface area (Å²) in [6.07, 6.45) is 2.92. The van der Waals surface area contributed by atoms with Gasteiger partial charge in [0, 0.05) is 22.7 Å². The second kappa shape index (κ2) is 6.72. The number of halogens is 1. The third-order valence-electron chi connectivity index (χ3n) is 3.69. The van der Waals surface area contributed by atoms with Crippen LogP contribution in [0.4, 0.5) is 5.69 Å². The monoisotopic (exact) mass is 338 g/mol. The fourth-order valence-corrected chi connectivity index (χ4v) is 3.18. The molecule has 1 aromatic carbocycles. The number of benzene rings is 1. The van der Waals surface area contributed by atoms with E-state index < -0.39 is 0 Å². The van der Waals surface area contributed by atoms with Gasteiger partial charge in [0.15, 0.2) is 0 Å². The first-order chi connectivity index (χ1) is 9.52. The number of nitrogens with zero attached hydrogens (tertiary/aromatic N) is 1. The number of aryl methyl sites for hydroxylation is 1. The van der Waals surface area contributed by atoms with Crippen molar-refractivity contribution in [3.8, 4) is 0 Å². The van der Waals surface area contributed by atoms with Gasteiger partial charge in [-0.1, -0.05) is 36.7 Å². The average molecular weight is 339 g/mol. The molecule has 1 heterocycles. The Bertz CT molecular complexity index is 487. The van der Waals surface area contributed by atoms with Gasteiger partial charge in [0.1, 0.15) is 0 Å². The number of carbonyl (C=O) groups excluding carboxylic acids is 1. The van der Waals surface area contributed by atoms with Crippen LogP contribution in [0.3, 0.4) is 0 Å². The van der Waals surface area contributed by atoms with E-state index in [-0.39, 0.29) is 11.9 Å². The van der Waals surface area contributed by atoms with Crippen molar-refractivity contribution in [2.45, 2.75) is 52.1 Å². The molecule has 0 radical (unpaired) electrons. The van der Waals surface area contributed by atoms with E-state index in [1.807, 2.05) is 11.0 Å². The second-order valence-corrected chi connectivity index (χ2v) is 6.55. The number of piperidine rings is 1. The Morgan fingerprint density at radius 2 is 2.20 bits per heavy atom. The van der Waals surface area contributed by atoms with Crippen LogP contribution in [0.15, 0.2) is 22.7 Å². The van der Waals surface area contributed by atoms with Crippen molar-refractivity contribution in [1.82, 2.24) is 5.32 Å².